The number of esters is 2. The number of hydrogen-bond donors (Lipinski definition) is 0. The summed E-state index contributed by atoms with van der Waals surface area (Å²) in [4.78, 5) is 37.4. The maximum atomic E-state index is 13.7. The predicted octanol–water partition coefficient (Wildman–Crippen LogP) is 6.76. The summed E-state index contributed by atoms with van der Waals surface area (Å²) in [7, 11) is 0. The Balaban J connectivity index is 1.54. The Morgan fingerprint density at radius 1 is 0.917 bits per heavy atom. The van der Waals surface area contributed by atoms with Crippen molar-refractivity contribution >= 4 is 17.7 Å². The number of fused-ring (bicyclic) bond motifs is 5. The van der Waals surface area contributed by atoms with Gasteiger partial charge in [-0.25, -0.2) is 0 Å². The smallest absolute Gasteiger partial charge is 0.303 e. The molecule has 0 aromatic carbocycles. The van der Waals surface area contributed by atoms with E-state index in [9.17, 15) is 14.4 Å². The van der Waals surface area contributed by atoms with Gasteiger partial charge in [-0.15, -0.1) is 0 Å². The maximum Gasteiger partial charge on any atom is 0.303 e. The maximum absolute atomic E-state index is 13.7. The van der Waals surface area contributed by atoms with Gasteiger partial charge in [-0.05, 0) is 84.9 Å². The van der Waals surface area contributed by atoms with Crippen molar-refractivity contribution in [1.29, 1.82) is 0 Å². The zero-order valence-electron chi connectivity index (χ0n) is 23.8. The van der Waals surface area contributed by atoms with Crippen LogP contribution < -0.4 is 0 Å². The van der Waals surface area contributed by atoms with E-state index in [1.165, 1.54) is 52.4 Å². The first-order chi connectivity index (χ1) is 16.9. The molecule has 0 radical (unpaired) electrons. The monoisotopic (exact) mass is 502 g/mol. The van der Waals surface area contributed by atoms with Crippen LogP contribution in [0.1, 0.15) is 113 Å². The van der Waals surface area contributed by atoms with Gasteiger partial charge >= 0.3 is 11.9 Å². The summed E-state index contributed by atoms with van der Waals surface area (Å²) >= 11 is 0. The molecular weight excluding hydrogens is 452 g/mol. The average Bonchev–Trinajstić information content (AvgIpc) is 3.11. The number of hydrogen-bond acceptors (Lipinski definition) is 5. The quantitative estimate of drug-likeness (QED) is 0.360. The van der Waals surface area contributed by atoms with Gasteiger partial charge in [-0.1, -0.05) is 53.9 Å². The molecule has 4 fully saturated rings. The number of ether oxygens (including phenoxy) is 2. The third kappa shape index (κ3) is 5.01. The number of rotatable bonds is 7. The summed E-state index contributed by atoms with van der Waals surface area (Å²) in [6.07, 6.45) is 9.65. The first-order valence-electron chi connectivity index (χ1n) is 14.7. The zero-order chi connectivity index (χ0) is 26.4. The summed E-state index contributed by atoms with van der Waals surface area (Å²) in [5, 5.41) is 0. The van der Waals surface area contributed by atoms with Crippen molar-refractivity contribution < 1.29 is 23.9 Å². The third-order valence-corrected chi connectivity index (χ3v) is 11.3. The highest BCUT2D eigenvalue weighted by Crippen LogP contribution is 2.68. The summed E-state index contributed by atoms with van der Waals surface area (Å²) in [6.45, 7) is 14.7. The molecule has 0 aromatic heterocycles. The van der Waals surface area contributed by atoms with Crippen molar-refractivity contribution in [2.75, 3.05) is 0 Å². The fourth-order valence-electron chi connectivity index (χ4n) is 9.73. The van der Waals surface area contributed by atoms with Crippen LogP contribution in [0.4, 0.5) is 0 Å². The molecule has 5 nitrogen and oxygen atoms in total. The second-order valence-electron chi connectivity index (χ2n) is 13.9. The van der Waals surface area contributed by atoms with Crippen molar-refractivity contribution in [3.05, 3.63) is 0 Å². The second kappa shape index (κ2) is 10.4. The summed E-state index contributed by atoms with van der Waals surface area (Å²) in [5.74, 6) is 3.26. The molecule has 4 aliphatic rings. The molecule has 0 unspecified atom stereocenters. The molecule has 204 valence electrons. The van der Waals surface area contributed by atoms with Crippen LogP contribution in [0.2, 0.25) is 0 Å². The molecule has 0 spiro atoms. The van der Waals surface area contributed by atoms with Crippen LogP contribution in [0.3, 0.4) is 0 Å². The van der Waals surface area contributed by atoms with E-state index in [2.05, 4.69) is 34.6 Å². The van der Waals surface area contributed by atoms with E-state index in [-0.39, 0.29) is 23.3 Å². The van der Waals surface area contributed by atoms with Crippen molar-refractivity contribution in [3.63, 3.8) is 0 Å². The van der Waals surface area contributed by atoms with E-state index in [0.717, 1.165) is 24.2 Å². The van der Waals surface area contributed by atoms with Gasteiger partial charge in [-0.3, -0.25) is 14.4 Å². The number of carbonyl (C=O) groups excluding carboxylic acids is 3. The van der Waals surface area contributed by atoms with E-state index in [4.69, 9.17) is 9.47 Å². The van der Waals surface area contributed by atoms with Gasteiger partial charge in [0.15, 0.2) is 0 Å². The Labute approximate surface area is 218 Å². The minimum Gasteiger partial charge on any atom is -0.459 e. The molecule has 5 heteroatoms. The molecule has 0 bridgehead atoms. The Morgan fingerprint density at radius 3 is 2.19 bits per heavy atom. The molecule has 0 saturated heterocycles. The Hall–Kier alpha value is -1.39. The number of Topliss-reactive ketones (excluding diaryl/α,β-unsaturated/α-hetero) is 1. The standard InChI is InChI=1S/C31H50O5/c1-18(2)9-8-10-19(3)23-11-12-24-22-15-27(34)26-16-28(35-20(4)32)29(36-21(5)33)17-31(26,7)25(22)13-14-30(23,24)6/h18-19,22-26,28-29H,8-17H2,1-7H3/t19-,22+,23-,24+,25+,26-,28-,29+,30-,31-/m1/s1. The molecule has 4 rings (SSSR count). The van der Waals surface area contributed by atoms with Crippen LogP contribution in [0.15, 0.2) is 0 Å². The van der Waals surface area contributed by atoms with Crippen molar-refractivity contribution in [3.8, 4) is 0 Å². The molecular formula is C31H50O5. The Morgan fingerprint density at radius 2 is 1.56 bits per heavy atom. The molecule has 4 aliphatic carbocycles. The molecule has 0 heterocycles. The lowest BCUT2D eigenvalue weighted by atomic mass is 9.44. The van der Waals surface area contributed by atoms with Crippen LogP contribution in [-0.2, 0) is 23.9 Å². The van der Waals surface area contributed by atoms with E-state index in [1.54, 1.807) is 0 Å². The zero-order valence-corrected chi connectivity index (χ0v) is 23.8. The molecule has 36 heavy (non-hydrogen) atoms. The lowest BCUT2D eigenvalue weighted by molar-refractivity contribution is -0.195. The molecule has 4 saturated carbocycles. The van der Waals surface area contributed by atoms with Crippen LogP contribution >= 0.6 is 0 Å². The summed E-state index contributed by atoms with van der Waals surface area (Å²) in [5.41, 5.74) is 0.116. The predicted molar refractivity (Wildman–Crippen MR) is 140 cm³/mol. The normalized spacial score (nSPS) is 42.8. The van der Waals surface area contributed by atoms with Gasteiger partial charge in [0, 0.05) is 26.2 Å². The van der Waals surface area contributed by atoms with Gasteiger partial charge in [0.2, 0.25) is 0 Å². The number of carbonyl (C=O) groups is 3. The Kier molecular flexibility index (Phi) is 7.99. The molecule has 10 atom stereocenters. The first-order valence-corrected chi connectivity index (χ1v) is 14.7. The molecule has 0 aromatic rings. The van der Waals surface area contributed by atoms with Gasteiger partial charge < -0.3 is 9.47 Å². The summed E-state index contributed by atoms with van der Waals surface area (Å²) in [6, 6.07) is 0. The largest absolute Gasteiger partial charge is 0.459 e. The summed E-state index contributed by atoms with van der Waals surface area (Å²) < 4.78 is 11.3. The second-order valence-corrected chi connectivity index (χ2v) is 13.9. The molecule has 0 amide bonds. The highest BCUT2D eigenvalue weighted by Gasteiger charge is 2.64. The highest BCUT2D eigenvalue weighted by molar-refractivity contribution is 5.83. The van der Waals surface area contributed by atoms with Crippen LogP contribution in [0.5, 0.6) is 0 Å². The SMILES string of the molecule is CC(=O)O[C@H]1C[C@@]2(C)[C@H](C[C@H]1OC(C)=O)C(=O)C[C@@H]1[C@@H]2CC[C@]2(C)[C@@H]([C@H](C)CCCC(C)C)CC[C@@H]12. The van der Waals surface area contributed by atoms with E-state index in [0.29, 0.717) is 48.2 Å². The third-order valence-electron chi connectivity index (χ3n) is 11.3. The molecule has 0 N–H and O–H groups in total. The van der Waals surface area contributed by atoms with E-state index >= 15 is 0 Å². The highest BCUT2D eigenvalue weighted by atomic mass is 16.6. The Bertz CT molecular complexity index is 850. The minimum absolute atomic E-state index is 0.119. The number of ketones is 1. The van der Waals surface area contributed by atoms with E-state index in [1.807, 2.05) is 0 Å². The first kappa shape index (κ1) is 27.6. The van der Waals surface area contributed by atoms with Gasteiger partial charge in [0.05, 0.1) is 0 Å². The fraction of sp³-hybridized carbons (Fsp3) is 0.903. The van der Waals surface area contributed by atoms with Gasteiger partial charge in [0.25, 0.3) is 0 Å². The van der Waals surface area contributed by atoms with Crippen molar-refractivity contribution in [2.45, 2.75) is 125 Å². The van der Waals surface area contributed by atoms with Crippen molar-refractivity contribution in [2.24, 2.45) is 52.3 Å². The van der Waals surface area contributed by atoms with Crippen LogP contribution in [-0.4, -0.2) is 29.9 Å². The fourth-order valence-corrected chi connectivity index (χ4v) is 9.73. The lowest BCUT2D eigenvalue weighted by Gasteiger charge is -2.61. The van der Waals surface area contributed by atoms with Gasteiger partial charge in [-0.2, -0.15) is 0 Å². The van der Waals surface area contributed by atoms with Crippen LogP contribution in [0, 0.1) is 52.3 Å². The van der Waals surface area contributed by atoms with E-state index < -0.39 is 12.2 Å². The topological polar surface area (TPSA) is 69.7 Å². The van der Waals surface area contributed by atoms with Gasteiger partial charge in [0.1, 0.15) is 18.0 Å². The molecule has 0 aliphatic heterocycles. The lowest BCUT2D eigenvalue weighted by Crippen LogP contribution is -2.60. The van der Waals surface area contributed by atoms with Crippen LogP contribution in [0.25, 0.3) is 0 Å². The minimum atomic E-state index is -0.526. The van der Waals surface area contributed by atoms with Crippen molar-refractivity contribution in [1.82, 2.24) is 0 Å². The average molecular weight is 503 g/mol.